The molecule has 0 aliphatic carbocycles. The van der Waals surface area contributed by atoms with Crippen LogP contribution < -0.4 is 9.64 Å². The van der Waals surface area contributed by atoms with E-state index in [1.807, 2.05) is 6.07 Å². The second-order valence-corrected chi connectivity index (χ2v) is 9.64. The highest BCUT2D eigenvalue weighted by Crippen LogP contribution is 2.36. The number of aliphatic carboxylic acids is 2. The molecule has 12 nitrogen and oxygen atoms in total. The van der Waals surface area contributed by atoms with Gasteiger partial charge < -0.3 is 29.2 Å². The number of pyridine rings is 1. The van der Waals surface area contributed by atoms with Gasteiger partial charge in [-0.1, -0.05) is 23.7 Å². The van der Waals surface area contributed by atoms with E-state index in [-0.39, 0.29) is 12.8 Å². The fourth-order valence-electron chi connectivity index (χ4n) is 4.13. The fraction of sp³-hybridized carbons (Fsp3) is 0.345. The van der Waals surface area contributed by atoms with E-state index in [4.69, 9.17) is 45.6 Å². The lowest BCUT2D eigenvalue weighted by molar-refractivity contribution is -0.274. The molecule has 0 saturated carbocycles. The van der Waals surface area contributed by atoms with Crippen molar-refractivity contribution in [3.05, 3.63) is 59.6 Å². The molecule has 1 fully saturated rings. The third-order valence-electron chi connectivity index (χ3n) is 5.60. The Labute approximate surface area is 260 Å². The molecule has 3 aromatic rings. The Morgan fingerprint density at radius 1 is 0.956 bits per heavy atom. The summed E-state index contributed by atoms with van der Waals surface area (Å²) in [5.41, 5.74) is 0.867. The lowest BCUT2D eigenvalue weighted by atomic mass is 10.0. The number of nitrogens with zero attached hydrogens (tertiary/aromatic N) is 2. The van der Waals surface area contributed by atoms with Crippen LogP contribution >= 0.6 is 11.6 Å². The Balaban J connectivity index is 0.000000789. The molecule has 1 aliphatic rings. The molecule has 0 amide bonds. The summed E-state index contributed by atoms with van der Waals surface area (Å²) in [6.45, 7) is 3.42. The number of para-hydroxylation sites is 1. The van der Waals surface area contributed by atoms with Gasteiger partial charge in [-0.3, -0.25) is 19.3 Å². The van der Waals surface area contributed by atoms with Crippen LogP contribution in [0.3, 0.4) is 0 Å². The summed E-state index contributed by atoms with van der Waals surface area (Å²) in [4.78, 5) is 48.3. The van der Waals surface area contributed by atoms with Gasteiger partial charge in [0.2, 0.25) is 0 Å². The zero-order chi connectivity index (χ0) is 33.9. The van der Waals surface area contributed by atoms with Crippen LogP contribution in [0.4, 0.5) is 24.7 Å². The lowest BCUT2D eigenvalue weighted by Gasteiger charge is -2.40. The number of esters is 2. The van der Waals surface area contributed by atoms with Gasteiger partial charge in [0.25, 0.3) is 11.9 Å². The number of anilines is 2. The van der Waals surface area contributed by atoms with Gasteiger partial charge in [0.15, 0.2) is 6.10 Å². The zero-order valence-corrected chi connectivity index (χ0v) is 25.2. The van der Waals surface area contributed by atoms with Crippen molar-refractivity contribution < 1.29 is 61.5 Å². The fourth-order valence-corrected chi connectivity index (χ4v) is 4.35. The highest BCUT2D eigenvalue weighted by molar-refractivity contribution is 6.35. The third kappa shape index (κ3) is 12.1. The van der Waals surface area contributed by atoms with E-state index < -0.39 is 54.4 Å². The summed E-state index contributed by atoms with van der Waals surface area (Å²) in [6, 6.07) is 13.8. The highest BCUT2D eigenvalue weighted by atomic mass is 35.5. The summed E-state index contributed by atoms with van der Waals surface area (Å²) in [5.74, 6) is -2.95. The van der Waals surface area contributed by atoms with Crippen molar-refractivity contribution in [2.75, 3.05) is 12.0 Å². The van der Waals surface area contributed by atoms with Gasteiger partial charge in [0, 0.05) is 44.7 Å². The van der Waals surface area contributed by atoms with Crippen molar-refractivity contribution >= 4 is 57.9 Å². The molecule has 16 heteroatoms. The normalized spacial score (nSPS) is 17.4. The molecule has 3 atom stereocenters. The van der Waals surface area contributed by atoms with Crippen molar-refractivity contribution in [1.82, 2.24) is 4.98 Å². The van der Waals surface area contributed by atoms with E-state index in [0.717, 1.165) is 31.4 Å². The molecule has 2 N–H and O–H groups in total. The van der Waals surface area contributed by atoms with Crippen LogP contribution in [0.2, 0.25) is 5.02 Å². The number of aromatic nitrogens is 1. The van der Waals surface area contributed by atoms with Crippen LogP contribution in [-0.2, 0) is 33.4 Å². The molecule has 1 aliphatic heterocycles. The van der Waals surface area contributed by atoms with Gasteiger partial charge in [0.1, 0.15) is 23.9 Å². The van der Waals surface area contributed by atoms with Crippen LogP contribution in [-0.4, -0.2) is 71.0 Å². The molecule has 0 spiro atoms. The SMILES string of the molecule is CC(=O)O.CC(=O)O.COC(=O)[C@@H]1CC(OC(C)=O)CC(N(c2ccc(OC(F)(F)F)cc2)c2ccc3cccc(Cl)c3n2)O1. The van der Waals surface area contributed by atoms with E-state index in [0.29, 0.717) is 22.0 Å². The van der Waals surface area contributed by atoms with Gasteiger partial charge >= 0.3 is 18.3 Å². The van der Waals surface area contributed by atoms with Crippen molar-refractivity contribution in [3.63, 3.8) is 0 Å². The number of halogens is 4. The molecule has 0 radical (unpaired) electrons. The molecular weight excluding hydrogens is 629 g/mol. The topological polar surface area (TPSA) is 162 Å². The summed E-state index contributed by atoms with van der Waals surface area (Å²) in [6.07, 6.45) is -7.31. The van der Waals surface area contributed by atoms with Crippen LogP contribution in [0.5, 0.6) is 5.75 Å². The third-order valence-corrected chi connectivity index (χ3v) is 5.90. The molecule has 1 aromatic heterocycles. The quantitative estimate of drug-likeness (QED) is 0.311. The maximum Gasteiger partial charge on any atom is 0.573 e. The summed E-state index contributed by atoms with van der Waals surface area (Å²) < 4.78 is 58.3. The minimum absolute atomic E-state index is 0.0753. The number of rotatable bonds is 6. The largest absolute Gasteiger partial charge is 0.573 e. The van der Waals surface area contributed by atoms with Gasteiger partial charge in [-0.25, -0.2) is 9.78 Å². The van der Waals surface area contributed by atoms with Crippen LogP contribution in [0, 0.1) is 0 Å². The number of carbonyl (C=O) groups is 4. The molecule has 2 heterocycles. The monoisotopic (exact) mass is 658 g/mol. The van der Waals surface area contributed by atoms with Crippen molar-refractivity contribution in [3.8, 4) is 5.75 Å². The van der Waals surface area contributed by atoms with Crippen LogP contribution in [0.1, 0.15) is 33.6 Å². The second-order valence-electron chi connectivity index (χ2n) is 9.24. The van der Waals surface area contributed by atoms with E-state index in [1.165, 1.54) is 26.2 Å². The van der Waals surface area contributed by atoms with E-state index >= 15 is 0 Å². The second kappa shape index (κ2) is 16.4. The molecule has 0 bridgehead atoms. The maximum atomic E-state index is 12.7. The maximum absolute atomic E-state index is 12.7. The molecule has 2 aromatic carbocycles. The Kier molecular flexibility index (Phi) is 13.4. The number of benzene rings is 2. The summed E-state index contributed by atoms with van der Waals surface area (Å²) >= 11 is 6.36. The first kappa shape index (κ1) is 36.6. The average Bonchev–Trinajstić information content (AvgIpc) is 2.92. The van der Waals surface area contributed by atoms with Gasteiger partial charge in [-0.05, 0) is 42.5 Å². The molecule has 45 heavy (non-hydrogen) atoms. The minimum Gasteiger partial charge on any atom is -0.481 e. The Hall–Kier alpha value is -4.63. The molecule has 244 valence electrons. The number of ether oxygens (including phenoxy) is 4. The number of carbonyl (C=O) groups excluding carboxylic acids is 2. The number of methoxy groups -OCH3 is 1. The first-order chi connectivity index (χ1) is 21.0. The Morgan fingerprint density at radius 3 is 2.09 bits per heavy atom. The van der Waals surface area contributed by atoms with Gasteiger partial charge in [-0.15, -0.1) is 13.2 Å². The summed E-state index contributed by atoms with van der Waals surface area (Å²) in [7, 11) is 1.21. The Bertz CT molecular complexity index is 1470. The number of carboxylic acids is 2. The molecule has 2 unspecified atom stereocenters. The number of hydrogen-bond acceptors (Lipinski definition) is 10. The predicted molar refractivity (Wildman–Crippen MR) is 154 cm³/mol. The van der Waals surface area contributed by atoms with E-state index in [9.17, 15) is 22.8 Å². The highest BCUT2D eigenvalue weighted by Gasteiger charge is 2.40. The Morgan fingerprint density at radius 2 is 1.56 bits per heavy atom. The molecule has 4 rings (SSSR count). The zero-order valence-electron chi connectivity index (χ0n) is 24.4. The smallest absolute Gasteiger partial charge is 0.481 e. The number of hydrogen-bond donors (Lipinski definition) is 2. The molecular formula is C29H30ClF3N2O10. The van der Waals surface area contributed by atoms with Crippen LogP contribution in [0.25, 0.3) is 10.9 Å². The predicted octanol–water partition coefficient (Wildman–Crippen LogP) is 5.72. The molecule has 1 saturated heterocycles. The van der Waals surface area contributed by atoms with Crippen molar-refractivity contribution in [1.29, 1.82) is 0 Å². The summed E-state index contributed by atoms with van der Waals surface area (Å²) in [5, 5.41) is 16.0. The van der Waals surface area contributed by atoms with Gasteiger partial charge in [-0.2, -0.15) is 0 Å². The average molecular weight is 659 g/mol. The van der Waals surface area contributed by atoms with Crippen molar-refractivity contribution in [2.24, 2.45) is 0 Å². The standard InChI is InChI=1S/C25H22ClF3N2O6.2C2H4O2/c1-14(32)35-18-12-20(24(33)34-2)36-22(13-18)31(16-7-9-17(10-8-16)37-25(27,28)29)21-11-6-15-4-3-5-19(26)23(15)30-21;2*1-2(3)4/h3-11,18,20,22H,12-13H2,1-2H3;2*1H3,(H,3,4)/t18?,20-,22?;;/m0../s1. The first-order valence-electron chi connectivity index (χ1n) is 13.0. The lowest BCUT2D eigenvalue weighted by Crippen LogP contribution is -2.48. The first-order valence-corrected chi connectivity index (χ1v) is 13.4. The van der Waals surface area contributed by atoms with E-state index in [2.05, 4.69) is 9.72 Å². The number of carboxylic acid groups (broad SMARTS) is 2. The van der Waals surface area contributed by atoms with E-state index in [1.54, 1.807) is 29.2 Å². The van der Waals surface area contributed by atoms with Gasteiger partial charge in [0.05, 0.1) is 17.6 Å². The van der Waals surface area contributed by atoms with Crippen LogP contribution in [0.15, 0.2) is 54.6 Å². The number of alkyl halides is 3. The minimum atomic E-state index is -4.85. The number of fused-ring (bicyclic) bond motifs is 1. The van der Waals surface area contributed by atoms with Crippen molar-refractivity contribution in [2.45, 2.75) is 58.4 Å².